The molecule has 2 heteroatoms. The van der Waals surface area contributed by atoms with Crippen molar-refractivity contribution in [2.75, 3.05) is 6.61 Å². The maximum Gasteiger partial charge on any atom is 0.0477 e. The molecule has 0 radical (unpaired) electrons. The molecule has 0 spiro atoms. The van der Waals surface area contributed by atoms with E-state index in [4.69, 9.17) is 17.3 Å². The lowest BCUT2D eigenvalue weighted by Crippen LogP contribution is -1.89. The molecule has 3 N–H and O–H groups in total. The number of hydrogen-bond donors (Lipinski definition) is 2. The zero-order chi connectivity index (χ0) is 8.69. The Hall–Kier alpha value is -1.20. The number of aliphatic hydroxyl groups excluding tert-OH is 1. The molecular formula is C9H13NO. The van der Waals surface area contributed by atoms with Crippen LogP contribution in [0.1, 0.15) is 13.3 Å². The summed E-state index contributed by atoms with van der Waals surface area (Å²) < 4.78 is 0. The Bertz CT molecular complexity index is 204. The van der Waals surface area contributed by atoms with Gasteiger partial charge in [0, 0.05) is 24.3 Å². The molecule has 11 heavy (non-hydrogen) atoms. The quantitative estimate of drug-likeness (QED) is 0.462. The van der Waals surface area contributed by atoms with Crippen molar-refractivity contribution in [3.63, 3.8) is 0 Å². The summed E-state index contributed by atoms with van der Waals surface area (Å²) in [5.74, 6) is 2.46. The van der Waals surface area contributed by atoms with E-state index >= 15 is 0 Å². The summed E-state index contributed by atoms with van der Waals surface area (Å²) in [5, 5.41) is 8.54. The summed E-state index contributed by atoms with van der Waals surface area (Å²) in [5.41, 5.74) is 6.84. The topological polar surface area (TPSA) is 46.2 Å². The normalized spacial score (nSPS) is 12.8. The first-order valence-corrected chi connectivity index (χ1v) is 3.41. The van der Waals surface area contributed by atoms with Crippen LogP contribution in [-0.4, -0.2) is 11.7 Å². The Morgan fingerprint density at radius 3 is 2.64 bits per heavy atom. The van der Waals surface area contributed by atoms with Crippen molar-refractivity contribution >= 4 is 0 Å². The van der Waals surface area contributed by atoms with Gasteiger partial charge in [-0.1, -0.05) is 5.92 Å². The number of hydrogen-bond acceptors (Lipinski definition) is 2. The SMILES string of the molecule is C#C/C(=C\C=C(/C)N)CCO. The van der Waals surface area contributed by atoms with Crippen molar-refractivity contribution < 1.29 is 5.11 Å². The fraction of sp³-hybridized carbons (Fsp3) is 0.333. The zero-order valence-corrected chi connectivity index (χ0v) is 6.67. The van der Waals surface area contributed by atoms with E-state index in [1.54, 1.807) is 19.1 Å². The minimum absolute atomic E-state index is 0.0769. The molecule has 0 amide bonds. The molecule has 0 aromatic heterocycles. The summed E-state index contributed by atoms with van der Waals surface area (Å²) in [6.07, 6.45) is 9.13. The van der Waals surface area contributed by atoms with Gasteiger partial charge in [-0.05, 0) is 19.1 Å². The molecule has 0 aromatic carbocycles. The van der Waals surface area contributed by atoms with Crippen molar-refractivity contribution in [3.8, 4) is 12.3 Å². The highest BCUT2D eigenvalue weighted by atomic mass is 16.2. The molecule has 0 saturated carbocycles. The van der Waals surface area contributed by atoms with Gasteiger partial charge in [0.15, 0.2) is 0 Å². The van der Waals surface area contributed by atoms with Crippen molar-refractivity contribution in [1.29, 1.82) is 0 Å². The number of nitrogens with two attached hydrogens (primary N) is 1. The largest absolute Gasteiger partial charge is 0.402 e. The number of allylic oxidation sites excluding steroid dienone is 3. The molecule has 0 bridgehead atoms. The molecule has 2 nitrogen and oxygen atoms in total. The fourth-order valence-electron chi connectivity index (χ4n) is 0.556. The smallest absolute Gasteiger partial charge is 0.0477 e. The van der Waals surface area contributed by atoms with Gasteiger partial charge in [-0.15, -0.1) is 6.42 Å². The molecule has 0 rings (SSSR count). The van der Waals surface area contributed by atoms with Crippen molar-refractivity contribution in [1.82, 2.24) is 0 Å². The lowest BCUT2D eigenvalue weighted by Gasteiger charge is -1.92. The Balaban J connectivity index is 4.15. The summed E-state index contributed by atoms with van der Waals surface area (Å²) >= 11 is 0. The summed E-state index contributed by atoms with van der Waals surface area (Å²) in [6.45, 7) is 1.86. The highest BCUT2D eigenvalue weighted by molar-refractivity contribution is 5.29. The molecule has 0 heterocycles. The number of rotatable bonds is 3. The third-order valence-electron chi connectivity index (χ3n) is 1.11. The fourth-order valence-corrected chi connectivity index (χ4v) is 0.556. The highest BCUT2D eigenvalue weighted by Gasteiger charge is 1.87. The van der Waals surface area contributed by atoms with Crippen molar-refractivity contribution in [2.45, 2.75) is 13.3 Å². The van der Waals surface area contributed by atoms with Gasteiger partial charge in [0.25, 0.3) is 0 Å². The van der Waals surface area contributed by atoms with E-state index < -0.39 is 0 Å². The zero-order valence-electron chi connectivity index (χ0n) is 6.67. The second kappa shape index (κ2) is 5.57. The first-order valence-electron chi connectivity index (χ1n) is 3.41. The van der Waals surface area contributed by atoms with Crippen molar-refractivity contribution in [2.24, 2.45) is 5.73 Å². The molecule has 0 aromatic rings. The molecule has 0 aliphatic carbocycles. The van der Waals surface area contributed by atoms with Crippen LogP contribution in [0.25, 0.3) is 0 Å². The van der Waals surface area contributed by atoms with Crippen molar-refractivity contribution in [3.05, 3.63) is 23.4 Å². The van der Waals surface area contributed by atoms with Gasteiger partial charge in [0.2, 0.25) is 0 Å². The van der Waals surface area contributed by atoms with Crippen LogP contribution in [-0.2, 0) is 0 Å². The third-order valence-corrected chi connectivity index (χ3v) is 1.11. The summed E-state index contributed by atoms with van der Waals surface area (Å²) in [7, 11) is 0. The van der Waals surface area contributed by atoms with E-state index in [1.165, 1.54) is 0 Å². The van der Waals surface area contributed by atoms with Gasteiger partial charge in [-0.3, -0.25) is 0 Å². The molecule has 0 fully saturated rings. The van der Waals surface area contributed by atoms with E-state index in [9.17, 15) is 0 Å². The predicted molar refractivity (Wildman–Crippen MR) is 46.6 cm³/mol. The molecule has 60 valence electrons. The average molecular weight is 151 g/mol. The third kappa shape index (κ3) is 5.25. The van der Waals surface area contributed by atoms with Crippen LogP contribution in [0.4, 0.5) is 0 Å². The first kappa shape index (κ1) is 9.80. The minimum atomic E-state index is 0.0769. The first-order chi connectivity index (χ1) is 5.20. The predicted octanol–water partition coefficient (Wildman–Crippen LogP) is 0.791. The number of aliphatic hydroxyl groups is 1. The molecule has 0 saturated heterocycles. The molecule has 0 aliphatic heterocycles. The van der Waals surface area contributed by atoms with E-state index in [0.29, 0.717) is 12.1 Å². The molecule has 0 atom stereocenters. The van der Waals surface area contributed by atoms with Gasteiger partial charge < -0.3 is 10.8 Å². The molecule has 0 aliphatic rings. The van der Waals surface area contributed by atoms with E-state index in [1.807, 2.05) is 0 Å². The monoisotopic (exact) mass is 151 g/mol. The Labute approximate surface area is 67.4 Å². The highest BCUT2D eigenvalue weighted by Crippen LogP contribution is 1.98. The van der Waals surface area contributed by atoms with Crippen LogP contribution in [0.15, 0.2) is 23.4 Å². The van der Waals surface area contributed by atoms with Crippen LogP contribution in [0.2, 0.25) is 0 Å². The van der Waals surface area contributed by atoms with Gasteiger partial charge >= 0.3 is 0 Å². The molecule has 0 unspecified atom stereocenters. The second-order valence-corrected chi connectivity index (χ2v) is 2.22. The second-order valence-electron chi connectivity index (χ2n) is 2.22. The maximum atomic E-state index is 8.54. The maximum absolute atomic E-state index is 8.54. The summed E-state index contributed by atoms with van der Waals surface area (Å²) in [4.78, 5) is 0. The Morgan fingerprint density at radius 1 is 1.64 bits per heavy atom. The van der Waals surface area contributed by atoms with Crippen LogP contribution in [0, 0.1) is 12.3 Å². The van der Waals surface area contributed by atoms with Gasteiger partial charge in [0.1, 0.15) is 0 Å². The molecular weight excluding hydrogens is 138 g/mol. The summed E-state index contributed by atoms with van der Waals surface area (Å²) in [6, 6.07) is 0. The van der Waals surface area contributed by atoms with E-state index in [0.717, 1.165) is 5.57 Å². The van der Waals surface area contributed by atoms with E-state index in [-0.39, 0.29) is 6.61 Å². The van der Waals surface area contributed by atoms with Crippen LogP contribution >= 0.6 is 0 Å². The van der Waals surface area contributed by atoms with Gasteiger partial charge in [0.05, 0.1) is 0 Å². The van der Waals surface area contributed by atoms with Crippen LogP contribution in [0.5, 0.6) is 0 Å². The van der Waals surface area contributed by atoms with Crippen LogP contribution in [0.3, 0.4) is 0 Å². The lowest BCUT2D eigenvalue weighted by molar-refractivity contribution is 0.300. The van der Waals surface area contributed by atoms with Crippen LogP contribution < -0.4 is 5.73 Å². The Kier molecular flexibility index (Phi) is 4.97. The average Bonchev–Trinajstić information content (AvgIpc) is 1.97. The Morgan fingerprint density at radius 2 is 2.27 bits per heavy atom. The van der Waals surface area contributed by atoms with Gasteiger partial charge in [-0.2, -0.15) is 0 Å². The minimum Gasteiger partial charge on any atom is -0.402 e. The standard InChI is InChI=1S/C9H13NO/c1-3-9(6-7-11)5-4-8(2)10/h1,4-5,11H,6-7,10H2,2H3/b8-4+,9-5+. The number of terminal acetylenes is 1. The van der Waals surface area contributed by atoms with E-state index in [2.05, 4.69) is 5.92 Å². The lowest BCUT2D eigenvalue weighted by atomic mass is 10.2. The van der Waals surface area contributed by atoms with Gasteiger partial charge in [-0.25, -0.2) is 0 Å².